The molecule has 0 amide bonds. The van der Waals surface area contributed by atoms with E-state index in [0.717, 1.165) is 33.9 Å². The van der Waals surface area contributed by atoms with Crippen molar-refractivity contribution in [1.29, 1.82) is 0 Å². The van der Waals surface area contributed by atoms with Gasteiger partial charge in [-0.25, -0.2) is 0 Å². The minimum Gasteiger partial charge on any atom is -0.485 e. The molecule has 0 fully saturated rings. The lowest BCUT2D eigenvalue weighted by Crippen LogP contribution is -2.09. The van der Waals surface area contributed by atoms with Crippen LogP contribution in [0.4, 0.5) is 0 Å². The summed E-state index contributed by atoms with van der Waals surface area (Å²) in [7, 11) is 0. The molecular weight excluding hydrogens is 332 g/mol. The molecule has 0 atom stereocenters. The Balaban J connectivity index is 1.87. The number of ether oxygens (including phenoxy) is 2. The number of hydrogen-bond acceptors (Lipinski definition) is 2. The minimum absolute atomic E-state index is 0.368. The molecule has 0 unspecified atom stereocenters. The van der Waals surface area contributed by atoms with Gasteiger partial charge < -0.3 is 9.47 Å². The molecule has 27 heavy (non-hydrogen) atoms. The zero-order valence-electron chi connectivity index (χ0n) is 16.5. The first-order valence-corrected chi connectivity index (χ1v) is 9.22. The van der Waals surface area contributed by atoms with E-state index < -0.39 is 0 Å². The lowest BCUT2D eigenvalue weighted by molar-refractivity contribution is 0.281. The van der Waals surface area contributed by atoms with Crippen molar-refractivity contribution in [2.75, 3.05) is 6.61 Å². The van der Waals surface area contributed by atoms with Crippen LogP contribution in [0.3, 0.4) is 0 Å². The third kappa shape index (κ3) is 5.24. The van der Waals surface area contributed by atoms with E-state index in [2.05, 4.69) is 76.2 Å². The lowest BCUT2D eigenvalue weighted by atomic mass is 10.1. The Hall–Kier alpha value is -3.00. The Bertz CT molecular complexity index is 940. The molecular formula is C25H26O2. The first-order valence-electron chi connectivity index (χ1n) is 9.22. The van der Waals surface area contributed by atoms with E-state index in [0.29, 0.717) is 6.61 Å². The first kappa shape index (κ1) is 18.8. The summed E-state index contributed by atoms with van der Waals surface area (Å²) in [6.07, 6.45) is 2.03. The fourth-order valence-corrected chi connectivity index (χ4v) is 2.81. The average Bonchev–Trinajstić information content (AvgIpc) is 2.66. The molecule has 0 radical (unpaired) electrons. The summed E-state index contributed by atoms with van der Waals surface area (Å²) in [5, 5.41) is 0. The molecule has 3 aromatic rings. The van der Waals surface area contributed by atoms with Crippen molar-refractivity contribution in [3.63, 3.8) is 0 Å². The molecule has 0 N–H and O–H groups in total. The van der Waals surface area contributed by atoms with Crippen molar-refractivity contribution in [1.82, 2.24) is 0 Å². The van der Waals surface area contributed by atoms with Crippen LogP contribution in [0.15, 0.2) is 72.5 Å². The van der Waals surface area contributed by atoms with Crippen LogP contribution in [0.2, 0.25) is 0 Å². The Kier molecular flexibility index (Phi) is 5.97. The highest BCUT2D eigenvalue weighted by Gasteiger charge is 2.08. The van der Waals surface area contributed by atoms with Crippen molar-refractivity contribution >= 4 is 6.08 Å². The maximum absolute atomic E-state index is 6.26. The van der Waals surface area contributed by atoms with Gasteiger partial charge in [0.05, 0.1) is 0 Å². The van der Waals surface area contributed by atoms with Crippen LogP contribution < -0.4 is 9.47 Å². The molecule has 138 valence electrons. The maximum atomic E-state index is 6.26. The van der Waals surface area contributed by atoms with Crippen LogP contribution in [0.5, 0.6) is 11.5 Å². The molecule has 0 aliphatic heterocycles. The lowest BCUT2D eigenvalue weighted by Gasteiger charge is -2.15. The van der Waals surface area contributed by atoms with Gasteiger partial charge in [0, 0.05) is 0 Å². The number of aryl methyl sites for hydroxylation is 4. The van der Waals surface area contributed by atoms with Gasteiger partial charge in [-0.1, -0.05) is 54.6 Å². The van der Waals surface area contributed by atoms with Crippen LogP contribution in [0, 0.1) is 27.7 Å². The topological polar surface area (TPSA) is 18.5 Å². The standard InChI is InChI=1S/C25H26O2/c1-18-10-12-20(3)24(14-18)26-17-23(16-22-8-6-5-7-9-22)27-25-15-19(2)11-13-21(25)4/h5-16H,17H2,1-4H3/b23-16+. The Labute approximate surface area is 162 Å². The summed E-state index contributed by atoms with van der Waals surface area (Å²) in [5.74, 6) is 2.52. The first-order chi connectivity index (χ1) is 13.0. The molecule has 0 aliphatic rings. The van der Waals surface area contributed by atoms with Gasteiger partial charge in [0.2, 0.25) is 0 Å². The van der Waals surface area contributed by atoms with E-state index in [4.69, 9.17) is 9.47 Å². The molecule has 0 aromatic heterocycles. The van der Waals surface area contributed by atoms with Gasteiger partial charge in [0.25, 0.3) is 0 Å². The van der Waals surface area contributed by atoms with Gasteiger partial charge in [0.15, 0.2) is 0 Å². The SMILES string of the molecule is Cc1ccc(C)c(OC/C(=C\c2ccccc2)Oc2cc(C)ccc2C)c1. The molecule has 0 saturated carbocycles. The minimum atomic E-state index is 0.368. The summed E-state index contributed by atoms with van der Waals surface area (Å²) in [4.78, 5) is 0. The Morgan fingerprint density at radius 1 is 0.741 bits per heavy atom. The molecule has 0 bridgehead atoms. The predicted molar refractivity (Wildman–Crippen MR) is 112 cm³/mol. The van der Waals surface area contributed by atoms with Crippen LogP contribution >= 0.6 is 0 Å². The molecule has 0 saturated heterocycles. The summed E-state index contributed by atoms with van der Waals surface area (Å²) >= 11 is 0. The summed E-state index contributed by atoms with van der Waals surface area (Å²) in [6.45, 7) is 8.62. The van der Waals surface area contributed by atoms with E-state index in [9.17, 15) is 0 Å². The zero-order chi connectivity index (χ0) is 19.2. The van der Waals surface area contributed by atoms with Crippen molar-refractivity contribution in [3.8, 4) is 11.5 Å². The highest BCUT2D eigenvalue weighted by molar-refractivity contribution is 5.52. The molecule has 3 aromatic carbocycles. The third-order valence-electron chi connectivity index (χ3n) is 4.43. The molecule has 3 rings (SSSR count). The van der Waals surface area contributed by atoms with E-state index in [-0.39, 0.29) is 0 Å². The summed E-state index contributed by atoms with van der Waals surface area (Å²) in [6, 6.07) is 22.6. The van der Waals surface area contributed by atoms with Crippen molar-refractivity contribution in [3.05, 3.63) is 100 Å². The van der Waals surface area contributed by atoms with Gasteiger partial charge >= 0.3 is 0 Å². The van der Waals surface area contributed by atoms with Crippen LogP contribution in [-0.2, 0) is 0 Å². The fourth-order valence-electron chi connectivity index (χ4n) is 2.81. The second-order valence-electron chi connectivity index (χ2n) is 6.95. The highest BCUT2D eigenvalue weighted by atomic mass is 16.5. The van der Waals surface area contributed by atoms with Crippen molar-refractivity contribution in [2.45, 2.75) is 27.7 Å². The van der Waals surface area contributed by atoms with E-state index in [1.54, 1.807) is 0 Å². The smallest absolute Gasteiger partial charge is 0.146 e. The molecule has 0 aliphatic carbocycles. The van der Waals surface area contributed by atoms with E-state index in [1.165, 1.54) is 11.1 Å². The van der Waals surface area contributed by atoms with Crippen molar-refractivity contribution < 1.29 is 9.47 Å². The fraction of sp³-hybridized carbons (Fsp3) is 0.200. The normalized spacial score (nSPS) is 11.3. The second-order valence-corrected chi connectivity index (χ2v) is 6.95. The quantitative estimate of drug-likeness (QED) is 0.473. The average molecular weight is 358 g/mol. The van der Waals surface area contributed by atoms with E-state index >= 15 is 0 Å². The number of rotatable bonds is 6. The van der Waals surface area contributed by atoms with Gasteiger partial charge in [-0.15, -0.1) is 0 Å². The van der Waals surface area contributed by atoms with Gasteiger partial charge in [-0.05, 0) is 73.7 Å². The predicted octanol–water partition coefficient (Wildman–Crippen LogP) is 6.42. The molecule has 0 spiro atoms. The largest absolute Gasteiger partial charge is 0.485 e. The van der Waals surface area contributed by atoms with Crippen LogP contribution in [0.1, 0.15) is 27.8 Å². The molecule has 2 nitrogen and oxygen atoms in total. The zero-order valence-corrected chi connectivity index (χ0v) is 16.5. The maximum Gasteiger partial charge on any atom is 0.146 e. The number of hydrogen-bond donors (Lipinski definition) is 0. The second kappa shape index (κ2) is 8.59. The van der Waals surface area contributed by atoms with Crippen molar-refractivity contribution in [2.24, 2.45) is 0 Å². The molecule has 2 heteroatoms. The highest BCUT2D eigenvalue weighted by Crippen LogP contribution is 2.24. The third-order valence-corrected chi connectivity index (χ3v) is 4.43. The monoisotopic (exact) mass is 358 g/mol. The number of benzene rings is 3. The Morgan fingerprint density at radius 2 is 1.33 bits per heavy atom. The molecule has 0 heterocycles. The van der Waals surface area contributed by atoms with Gasteiger partial charge in [-0.2, -0.15) is 0 Å². The van der Waals surface area contributed by atoms with Gasteiger partial charge in [-0.3, -0.25) is 0 Å². The van der Waals surface area contributed by atoms with Crippen LogP contribution in [0.25, 0.3) is 6.08 Å². The van der Waals surface area contributed by atoms with Gasteiger partial charge in [0.1, 0.15) is 23.9 Å². The summed E-state index contributed by atoms with van der Waals surface area (Å²) in [5.41, 5.74) is 5.66. The Morgan fingerprint density at radius 3 is 2.00 bits per heavy atom. The van der Waals surface area contributed by atoms with E-state index in [1.807, 2.05) is 24.3 Å². The van der Waals surface area contributed by atoms with Crippen LogP contribution in [-0.4, -0.2) is 6.61 Å². The summed E-state index contributed by atoms with van der Waals surface area (Å²) < 4.78 is 12.4.